The van der Waals surface area contributed by atoms with Gasteiger partial charge in [-0.05, 0) is 18.1 Å². The number of pyridine rings is 1. The summed E-state index contributed by atoms with van der Waals surface area (Å²) in [6.45, 7) is 2.02. The van der Waals surface area contributed by atoms with Crippen LogP contribution in [-0.4, -0.2) is 16.2 Å². The van der Waals surface area contributed by atoms with Crippen LogP contribution < -0.4 is 11.0 Å². The molecule has 0 fully saturated rings. The first-order chi connectivity index (χ1) is 10.7. The molecule has 1 aromatic heterocycles. The zero-order chi connectivity index (χ0) is 15.8. The lowest BCUT2D eigenvalue weighted by atomic mass is 10.1. The second kappa shape index (κ2) is 7.93. The Morgan fingerprint density at radius 1 is 1.14 bits per heavy atom. The number of aromatic nitrogens is 1. The molecule has 5 nitrogen and oxygen atoms in total. The van der Waals surface area contributed by atoms with E-state index >= 15 is 0 Å². The van der Waals surface area contributed by atoms with Gasteiger partial charge in [0.25, 0.3) is 11.5 Å². The normalized spacial score (nSPS) is 11.2. The predicted molar refractivity (Wildman–Crippen MR) is 86.7 cm³/mol. The van der Waals surface area contributed by atoms with E-state index < -0.39 is 0 Å². The van der Waals surface area contributed by atoms with Crippen molar-refractivity contribution in [3.63, 3.8) is 0 Å². The van der Waals surface area contributed by atoms with Crippen LogP contribution in [0.5, 0.6) is 0 Å². The number of benzene rings is 1. The molecule has 114 valence electrons. The minimum atomic E-state index is -0.321. The molecule has 0 atom stereocenters. The maximum absolute atomic E-state index is 11.9. The smallest absolute Gasteiger partial charge is 0.260 e. The van der Waals surface area contributed by atoms with Gasteiger partial charge in [0.2, 0.25) is 0 Å². The average Bonchev–Trinajstić information content (AvgIpc) is 2.54. The van der Waals surface area contributed by atoms with Gasteiger partial charge in [-0.15, -0.1) is 0 Å². The van der Waals surface area contributed by atoms with Crippen LogP contribution in [0.3, 0.4) is 0 Å². The van der Waals surface area contributed by atoms with Gasteiger partial charge in [0, 0.05) is 12.3 Å². The highest BCUT2D eigenvalue weighted by atomic mass is 16.2. The first-order valence-corrected chi connectivity index (χ1v) is 7.27. The molecule has 2 rings (SSSR count). The molecule has 0 radical (unpaired) electrons. The van der Waals surface area contributed by atoms with Gasteiger partial charge in [-0.2, -0.15) is 5.10 Å². The monoisotopic (exact) mass is 297 g/mol. The summed E-state index contributed by atoms with van der Waals surface area (Å²) in [5.74, 6) is -0.321. The molecule has 2 aromatic rings. The Hall–Kier alpha value is -2.69. The predicted octanol–water partition coefficient (Wildman–Crippen LogP) is 2.17. The molecule has 1 aromatic carbocycles. The second-order valence-corrected chi connectivity index (χ2v) is 4.88. The quantitative estimate of drug-likeness (QED) is 0.656. The largest absolute Gasteiger partial charge is 0.306 e. The van der Waals surface area contributed by atoms with E-state index in [2.05, 4.69) is 17.5 Å². The molecule has 1 N–H and O–H groups in total. The van der Waals surface area contributed by atoms with E-state index in [4.69, 9.17) is 0 Å². The van der Waals surface area contributed by atoms with Gasteiger partial charge in [0.1, 0.15) is 6.54 Å². The van der Waals surface area contributed by atoms with Crippen molar-refractivity contribution >= 4 is 11.6 Å². The van der Waals surface area contributed by atoms with E-state index in [1.165, 1.54) is 10.6 Å². The molecule has 0 spiro atoms. The van der Waals surface area contributed by atoms with Crippen molar-refractivity contribution in [2.75, 3.05) is 0 Å². The number of amides is 1. The number of rotatable bonds is 6. The summed E-state index contributed by atoms with van der Waals surface area (Å²) in [6, 6.07) is 14.5. The molecule has 0 bridgehead atoms. The summed E-state index contributed by atoms with van der Waals surface area (Å²) in [6.07, 6.45) is 3.28. The van der Waals surface area contributed by atoms with Crippen molar-refractivity contribution in [3.05, 3.63) is 70.6 Å². The highest BCUT2D eigenvalue weighted by molar-refractivity contribution is 6.01. The fraction of sp³-hybridized carbons (Fsp3) is 0.235. The summed E-state index contributed by atoms with van der Waals surface area (Å²) >= 11 is 0. The van der Waals surface area contributed by atoms with Crippen molar-refractivity contribution in [2.24, 2.45) is 5.10 Å². The fourth-order valence-electron chi connectivity index (χ4n) is 2.04. The molecule has 0 saturated carbocycles. The fourth-order valence-corrected chi connectivity index (χ4v) is 2.04. The van der Waals surface area contributed by atoms with Crippen LogP contribution >= 0.6 is 0 Å². The number of nitrogens with one attached hydrogen (secondary N) is 1. The number of hydrogen-bond donors (Lipinski definition) is 1. The van der Waals surface area contributed by atoms with Gasteiger partial charge in [0.05, 0.1) is 5.71 Å². The van der Waals surface area contributed by atoms with Crippen molar-refractivity contribution in [1.29, 1.82) is 0 Å². The molecule has 0 aliphatic rings. The first kappa shape index (κ1) is 15.7. The van der Waals surface area contributed by atoms with Crippen molar-refractivity contribution in [1.82, 2.24) is 9.99 Å². The van der Waals surface area contributed by atoms with Crippen molar-refractivity contribution < 1.29 is 4.79 Å². The summed E-state index contributed by atoms with van der Waals surface area (Å²) in [5.41, 5.74) is 4.14. The Morgan fingerprint density at radius 3 is 2.55 bits per heavy atom. The van der Waals surface area contributed by atoms with Crippen molar-refractivity contribution in [2.45, 2.75) is 26.3 Å². The van der Waals surface area contributed by atoms with E-state index in [0.29, 0.717) is 0 Å². The van der Waals surface area contributed by atoms with Crippen LogP contribution in [0.4, 0.5) is 0 Å². The highest BCUT2D eigenvalue weighted by Crippen LogP contribution is 2.05. The lowest BCUT2D eigenvalue weighted by Crippen LogP contribution is -2.29. The van der Waals surface area contributed by atoms with Crippen LogP contribution in [-0.2, 0) is 11.3 Å². The Kier molecular flexibility index (Phi) is 5.65. The topological polar surface area (TPSA) is 63.5 Å². The summed E-state index contributed by atoms with van der Waals surface area (Å²) in [5, 5.41) is 4.21. The van der Waals surface area contributed by atoms with Gasteiger partial charge in [0.15, 0.2) is 0 Å². The third-order valence-corrected chi connectivity index (χ3v) is 3.12. The Balaban J connectivity index is 2.06. The first-order valence-electron chi connectivity index (χ1n) is 7.27. The van der Waals surface area contributed by atoms with Crippen LogP contribution in [0.2, 0.25) is 0 Å². The van der Waals surface area contributed by atoms with Gasteiger partial charge in [-0.25, -0.2) is 5.43 Å². The summed E-state index contributed by atoms with van der Waals surface area (Å²) < 4.78 is 1.34. The second-order valence-electron chi connectivity index (χ2n) is 4.88. The SMILES string of the molecule is CCC/C(=N/NC(=O)Cn1ccccc1=O)c1ccccc1. The van der Waals surface area contributed by atoms with Gasteiger partial charge in [-0.3, -0.25) is 9.59 Å². The molecule has 0 aliphatic heterocycles. The van der Waals surface area contributed by atoms with Crippen LogP contribution in [0.15, 0.2) is 64.6 Å². The van der Waals surface area contributed by atoms with E-state index in [9.17, 15) is 9.59 Å². The number of hydrogen-bond acceptors (Lipinski definition) is 3. The zero-order valence-corrected chi connectivity index (χ0v) is 12.5. The third-order valence-electron chi connectivity index (χ3n) is 3.12. The minimum absolute atomic E-state index is 0.0443. The molecular formula is C17H19N3O2. The molecule has 0 unspecified atom stereocenters. The maximum atomic E-state index is 11.9. The van der Waals surface area contributed by atoms with E-state index in [1.54, 1.807) is 18.3 Å². The van der Waals surface area contributed by atoms with Crippen molar-refractivity contribution in [3.8, 4) is 0 Å². The maximum Gasteiger partial charge on any atom is 0.260 e. The van der Waals surface area contributed by atoms with E-state index in [0.717, 1.165) is 24.1 Å². The molecule has 1 heterocycles. The number of nitrogens with zero attached hydrogens (tertiary/aromatic N) is 2. The van der Waals surface area contributed by atoms with Crippen LogP contribution in [0.1, 0.15) is 25.3 Å². The summed E-state index contributed by atoms with van der Waals surface area (Å²) in [7, 11) is 0. The third kappa shape index (κ3) is 4.41. The molecule has 0 saturated heterocycles. The minimum Gasteiger partial charge on any atom is -0.306 e. The Morgan fingerprint density at radius 2 is 1.86 bits per heavy atom. The standard InChI is InChI=1S/C17H19N3O2/c1-2-8-15(14-9-4-3-5-10-14)18-19-16(21)13-20-12-7-6-11-17(20)22/h3-7,9-12H,2,8,13H2,1H3,(H,19,21)/b18-15-. The van der Waals surface area contributed by atoms with E-state index in [-0.39, 0.29) is 18.0 Å². The molecule has 1 amide bonds. The lowest BCUT2D eigenvalue weighted by Gasteiger charge is -2.07. The van der Waals surface area contributed by atoms with Gasteiger partial charge in [-0.1, -0.05) is 49.7 Å². The Bertz CT molecular complexity index is 705. The van der Waals surface area contributed by atoms with Gasteiger partial charge < -0.3 is 4.57 Å². The molecule has 5 heteroatoms. The summed E-state index contributed by atoms with van der Waals surface area (Å²) in [4.78, 5) is 23.5. The molecule has 0 aliphatic carbocycles. The van der Waals surface area contributed by atoms with Crippen LogP contribution in [0.25, 0.3) is 0 Å². The van der Waals surface area contributed by atoms with E-state index in [1.807, 2.05) is 30.3 Å². The van der Waals surface area contributed by atoms with Gasteiger partial charge >= 0.3 is 0 Å². The number of carbonyl (C=O) groups is 1. The Labute approximate surface area is 129 Å². The number of hydrazone groups is 1. The molecule has 22 heavy (non-hydrogen) atoms. The average molecular weight is 297 g/mol. The molecular weight excluding hydrogens is 278 g/mol. The highest BCUT2D eigenvalue weighted by Gasteiger charge is 2.05. The zero-order valence-electron chi connectivity index (χ0n) is 12.5. The number of carbonyl (C=O) groups excluding carboxylic acids is 1. The lowest BCUT2D eigenvalue weighted by molar-refractivity contribution is -0.121. The van der Waals surface area contributed by atoms with Crippen LogP contribution in [0, 0.1) is 0 Å².